The molecule has 12 heteroatoms. The van der Waals surface area contributed by atoms with Crippen molar-refractivity contribution in [2.24, 2.45) is 0 Å². The first-order chi connectivity index (χ1) is 14.9. The molecule has 0 saturated heterocycles. The Labute approximate surface area is 172 Å². The zero-order valence-corrected chi connectivity index (χ0v) is 15.8. The van der Waals surface area contributed by atoms with Crippen LogP contribution < -0.4 is 5.32 Å². The van der Waals surface area contributed by atoms with Crippen molar-refractivity contribution in [2.45, 2.75) is 18.6 Å². The monoisotopic (exact) mass is 432 g/mol. The third-order valence-corrected chi connectivity index (χ3v) is 4.95. The number of aromatic nitrogens is 4. The van der Waals surface area contributed by atoms with E-state index in [1.54, 1.807) is 6.33 Å². The highest BCUT2D eigenvalue weighted by Gasteiger charge is 2.38. The second-order valence-electron chi connectivity index (χ2n) is 6.99. The smallest absolute Gasteiger partial charge is 0.405 e. The fourth-order valence-corrected chi connectivity index (χ4v) is 3.60. The van der Waals surface area contributed by atoms with Gasteiger partial charge in [-0.25, -0.2) is 4.98 Å². The van der Waals surface area contributed by atoms with Gasteiger partial charge in [-0.2, -0.15) is 13.2 Å². The molecular formula is C19H15F3N6O3. The number of imidazole rings is 1. The van der Waals surface area contributed by atoms with Crippen LogP contribution in [0.3, 0.4) is 0 Å². The van der Waals surface area contributed by atoms with E-state index in [4.69, 9.17) is 8.83 Å². The Morgan fingerprint density at radius 1 is 1.26 bits per heavy atom. The molecule has 4 aromatic rings. The normalized spacial score (nSPS) is 16.5. The largest absolute Gasteiger partial charge is 0.458 e. The van der Waals surface area contributed by atoms with Gasteiger partial charge in [0.1, 0.15) is 23.9 Å². The lowest BCUT2D eigenvalue weighted by Gasteiger charge is -2.32. The number of alkyl halides is 3. The van der Waals surface area contributed by atoms with E-state index in [1.807, 2.05) is 35.6 Å². The second-order valence-corrected chi connectivity index (χ2v) is 6.99. The van der Waals surface area contributed by atoms with Crippen molar-refractivity contribution in [3.8, 4) is 0 Å². The standard InChI is InChI=1S/C19H15F3N6O3/c20-19(21,22)8-23-18-27-26-16(31-18)17(29)28-6-5-11-14(25-9-24-11)15(28)13-7-10-3-1-2-4-12(10)30-13/h1-4,7,9,15H,5-6,8H2,(H,23,27)(H,24,25)/t15-/m1/s1. The van der Waals surface area contributed by atoms with E-state index in [9.17, 15) is 18.0 Å². The Kier molecular flexibility index (Phi) is 4.41. The molecule has 0 fully saturated rings. The Balaban J connectivity index is 1.47. The van der Waals surface area contributed by atoms with E-state index in [-0.39, 0.29) is 0 Å². The fraction of sp³-hybridized carbons (Fsp3) is 0.263. The summed E-state index contributed by atoms with van der Waals surface area (Å²) in [4.78, 5) is 22.0. The molecule has 1 aliphatic heterocycles. The van der Waals surface area contributed by atoms with Crippen LogP contribution in [-0.2, 0) is 6.42 Å². The number of hydrogen-bond acceptors (Lipinski definition) is 7. The first-order valence-electron chi connectivity index (χ1n) is 9.35. The van der Waals surface area contributed by atoms with Crippen LogP contribution >= 0.6 is 0 Å². The van der Waals surface area contributed by atoms with Crippen molar-refractivity contribution in [1.29, 1.82) is 0 Å². The molecule has 1 aliphatic rings. The van der Waals surface area contributed by atoms with Crippen LogP contribution in [0.1, 0.15) is 33.9 Å². The number of aromatic amines is 1. The zero-order chi connectivity index (χ0) is 21.6. The van der Waals surface area contributed by atoms with Gasteiger partial charge >= 0.3 is 24.0 Å². The van der Waals surface area contributed by atoms with Gasteiger partial charge < -0.3 is 24.0 Å². The minimum atomic E-state index is -4.46. The maximum Gasteiger partial charge on any atom is 0.405 e. The first kappa shape index (κ1) is 19.2. The average molecular weight is 432 g/mol. The summed E-state index contributed by atoms with van der Waals surface area (Å²) in [5, 5.41) is 9.92. The second kappa shape index (κ2) is 7.15. The molecule has 1 atom stereocenters. The number of amides is 1. The van der Waals surface area contributed by atoms with Crippen molar-refractivity contribution < 1.29 is 26.8 Å². The predicted octanol–water partition coefficient (Wildman–Crippen LogP) is 3.30. The molecule has 0 radical (unpaired) electrons. The van der Waals surface area contributed by atoms with Crippen molar-refractivity contribution in [2.75, 3.05) is 18.4 Å². The number of fused-ring (bicyclic) bond motifs is 2. The topological polar surface area (TPSA) is 113 Å². The number of benzene rings is 1. The molecule has 31 heavy (non-hydrogen) atoms. The fourth-order valence-electron chi connectivity index (χ4n) is 3.60. The molecule has 0 spiro atoms. The number of carbonyl (C=O) groups is 1. The maximum absolute atomic E-state index is 13.1. The van der Waals surface area contributed by atoms with Crippen LogP contribution in [0.15, 0.2) is 45.5 Å². The number of anilines is 1. The van der Waals surface area contributed by atoms with Crippen LogP contribution in [0.2, 0.25) is 0 Å². The van der Waals surface area contributed by atoms with Gasteiger partial charge in [-0.1, -0.05) is 23.3 Å². The van der Waals surface area contributed by atoms with Crippen molar-refractivity contribution >= 4 is 22.9 Å². The molecule has 0 unspecified atom stereocenters. The molecule has 0 saturated carbocycles. The number of nitrogens with zero attached hydrogens (tertiary/aromatic N) is 4. The molecule has 160 valence electrons. The van der Waals surface area contributed by atoms with Crippen LogP contribution in [0, 0.1) is 0 Å². The van der Waals surface area contributed by atoms with Gasteiger partial charge in [-0.3, -0.25) is 4.79 Å². The molecule has 1 aromatic carbocycles. The Bertz CT molecular complexity index is 1210. The highest BCUT2D eigenvalue weighted by Crippen LogP contribution is 2.37. The number of nitrogens with one attached hydrogen (secondary N) is 2. The summed E-state index contributed by atoms with van der Waals surface area (Å²) < 4.78 is 48.3. The number of carbonyl (C=O) groups excluding carboxylic acids is 1. The summed E-state index contributed by atoms with van der Waals surface area (Å²) in [7, 11) is 0. The minimum absolute atomic E-state index is 0.295. The lowest BCUT2D eigenvalue weighted by Crippen LogP contribution is -2.40. The van der Waals surface area contributed by atoms with E-state index < -0.39 is 36.6 Å². The van der Waals surface area contributed by atoms with Crippen LogP contribution in [-0.4, -0.2) is 50.2 Å². The van der Waals surface area contributed by atoms with Gasteiger partial charge in [0.25, 0.3) is 0 Å². The maximum atomic E-state index is 13.1. The molecule has 9 nitrogen and oxygen atoms in total. The summed E-state index contributed by atoms with van der Waals surface area (Å²) in [6.07, 6.45) is -2.42. The average Bonchev–Trinajstić information content (AvgIpc) is 3.49. The van der Waals surface area contributed by atoms with Crippen LogP contribution in [0.5, 0.6) is 0 Å². The van der Waals surface area contributed by atoms with E-state index in [0.717, 1.165) is 11.1 Å². The van der Waals surface area contributed by atoms with Gasteiger partial charge in [0.2, 0.25) is 0 Å². The third-order valence-electron chi connectivity index (χ3n) is 4.95. The van der Waals surface area contributed by atoms with Crippen LogP contribution in [0.25, 0.3) is 11.0 Å². The van der Waals surface area contributed by atoms with Crippen molar-refractivity contribution in [1.82, 2.24) is 25.1 Å². The molecule has 2 N–H and O–H groups in total. The molecule has 4 heterocycles. The minimum Gasteiger partial charge on any atom is -0.458 e. The zero-order valence-electron chi connectivity index (χ0n) is 15.8. The van der Waals surface area contributed by atoms with Crippen LogP contribution in [0.4, 0.5) is 19.2 Å². The Morgan fingerprint density at radius 3 is 2.90 bits per heavy atom. The quantitative estimate of drug-likeness (QED) is 0.509. The van der Waals surface area contributed by atoms with Gasteiger partial charge in [-0.15, -0.1) is 5.10 Å². The van der Waals surface area contributed by atoms with Gasteiger partial charge in [0.15, 0.2) is 0 Å². The van der Waals surface area contributed by atoms with Crippen molar-refractivity contribution in [3.05, 3.63) is 59.7 Å². The molecule has 5 rings (SSSR count). The SMILES string of the molecule is O=C(c1nnc(NCC(F)(F)F)o1)N1CCc2[nH]cnc2[C@H]1c1cc2ccccc2o1. The van der Waals surface area contributed by atoms with Gasteiger partial charge in [0.05, 0.1) is 12.0 Å². The highest BCUT2D eigenvalue weighted by atomic mass is 19.4. The number of hydrogen-bond donors (Lipinski definition) is 2. The van der Waals surface area contributed by atoms with Crippen molar-refractivity contribution in [3.63, 3.8) is 0 Å². The third kappa shape index (κ3) is 3.60. The Morgan fingerprint density at radius 2 is 2.10 bits per heavy atom. The predicted molar refractivity (Wildman–Crippen MR) is 100 cm³/mol. The first-order valence-corrected chi connectivity index (χ1v) is 9.35. The lowest BCUT2D eigenvalue weighted by molar-refractivity contribution is -0.115. The summed E-state index contributed by atoms with van der Waals surface area (Å²) in [6, 6.07) is 8.10. The van der Waals surface area contributed by atoms with E-state index in [2.05, 4.69) is 20.2 Å². The molecular weight excluding hydrogens is 417 g/mol. The number of para-hydroxylation sites is 1. The number of rotatable bonds is 4. The molecule has 1 amide bonds. The molecule has 0 bridgehead atoms. The number of furan rings is 1. The number of halogens is 3. The highest BCUT2D eigenvalue weighted by molar-refractivity contribution is 5.90. The molecule has 3 aromatic heterocycles. The summed E-state index contributed by atoms with van der Waals surface area (Å²) in [5.41, 5.74) is 2.14. The van der Waals surface area contributed by atoms with Gasteiger partial charge in [0, 0.05) is 24.0 Å². The van der Waals surface area contributed by atoms with E-state index in [1.165, 1.54) is 4.90 Å². The molecule has 0 aliphatic carbocycles. The summed E-state index contributed by atoms with van der Waals surface area (Å²) in [5.74, 6) is -0.561. The van der Waals surface area contributed by atoms with E-state index >= 15 is 0 Å². The summed E-state index contributed by atoms with van der Waals surface area (Å²) in [6.45, 7) is -1.06. The van der Waals surface area contributed by atoms with E-state index in [0.29, 0.717) is 30.0 Å². The van der Waals surface area contributed by atoms with Gasteiger partial charge in [-0.05, 0) is 12.1 Å². The lowest BCUT2D eigenvalue weighted by atomic mass is 10.00. The summed E-state index contributed by atoms with van der Waals surface area (Å²) >= 11 is 0. The Hall–Kier alpha value is -3.83. The number of H-pyrrole nitrogens is 1.